The molecule has 0 unspecified atom stereocenters. The molecule has 0 aliphatic carbocycles. The number of benzene rings is 2. The van der Waals surface area contributed by atoms with Crippen LogP contribution in [0, 0.1) is 0 Å². The summed E-state index contributed by atoms with van der Waals surface area (Å²) < 4.78 is 15.9. The lowest BCUT2D eigenvalue weighted by atomic mass is 10.2. The Balaban J connectivity index is 1.69. The van der Waals surface area contributed by atoms with Crippen molar-refractivity contribution in [1.82, 2.24) is 10.1 Å². The fourth-order valence-electron chi connectivity index (χ4n) is 2.80. The number of nitrogens with zero attached hydrogens (tertiary/aromatic N) is 3. The van der Waals surface area contributed by atoms with E-state index in [0.29, 0.717) is 19.0 Å². The van der Waals surface area contributed by atoms with Gasteiger partial charge in [0.1, 0.15) is 17.9 Å². The van der Waals surface area contributed by atoms with Crippen LogP contribution in [0.4, 0.5) is 5.69 Å². The van der Waals surface area contributed by atoms with Gasteiger partial charge in [0.2, 0.25) is 17.6 Å². The van der Waals surface area contributed by atoms with Crippen molar-refractivity contribution in [3.8, 4) is 22.9 Å². The van der Waals surface area contributed by atoms with Gasteiger partial charge in [-0.3, -0.25) is 4.79 Å². The average Bonchev–Trinajstić information content (AvgIpc) is 3.18. The van der Waals surface area contributed by atoms with Crippen molar-refractivity contribution in [3.63, 3.8) is 0 Å². The molecule has 1 aromatic heterocycles. The molecule has 0 saturated heterocycles. The Morgan fingerprint density at radius 3 is 2.32 bits per heavy atom. The standard InChI is InChI=1S/C21H23N3O4/c1-4-24(16-8-12-18(13-9-16)27-5-2)20(25)14-19-22-21(23-28-19)15-6-10-17(26-3)11-7-15/h6-13H,4-5,14H2,1-3H3. The zero-order chi connectivity index (χ0) is 19.9. The summed E-state index contributed by atoms with van der Waals surface area (Å²) in [6, 6.07) is 14.8. The second-order valence-corrected chi connectivity index (χ2v) is 5.98. The van der Waals surface area contributed by atoms with Gasteiger partial charge in [-0.25, -0.2) is 0 Å². The van der Waals surface area contributed by atoms with Crippen molar-refractivity contribution >= 4 is 11.6 Å². The molecule has 3 aromatic rings. The number of rotatable bonds is 8. The maximum Gasteiger partial charge on any atom is 0.236 e. The van der Waals surface area contributed by atoms with Crippen LogP contribution in [-0.4, -0.2) is 36.3 Å². The van der Waals surface area contributed by atoms with Crippen LogP contribution in [0.3, 0.4) is 0 Å². The number of ether oxygens (including phenoxy) is 2. The van der Waals surface area contributed by atoms with Crippen LogP contribution in [0.2, 0.25) is 0 Å². The number of methoxy groups -OCH3 is 1. The minimum absolute atomic E-state index is 0.0320. The molecule has 7 heteroatoms. The molecule has 0 saturated carbocycles. The van der Waals surface area contributed by atoms with Crippen molar-refractivity contribution in [3.05, 3.63) is 54.4 Å². The molecule has 146 valence electrons. The van der Waals surface area contributed by atoms with Gasteiger partial charge in [-0.1, -0.05) is 5.16 Å². The predicted molar refractivity (Wildman–Crippen MR) is 106 cm³/mol. The van der Waals surface area contributed by atoms with E-state index in [1.165, 1.54) is 0 Å². The first-order valence-electron chi connectivity index (χ1n) is 9.14. The lowest BCUT2D eigenvalue weighted by Gasteiger charge is -2.20. The lowest BCUT2D eigenvalue weighted by molar-refractivity contribution is -0.118. The molecule has 0 N–H and O–H groups in total. The first kappa shape index (κ1) is 19.4. The molecule has 0 bridgehead atoms. The molecule has 7 nitrogen and oxygen atoms in total. The summed E-state index contributed by atoms with van der Waals surface area (Å²) in [6.45, 7) is 4.99. The van der Waals surface area contributed by atoms with Crippen LogP contribution < -0.4 is 14.4 Å². The number of carbonyl (C=O) groups excluding carboxylic acids is 1. The lowest BCUT2D eigenvalue weighted by Crippen LogP contribution is -2.32. The van der Waals surface area contributed by atoms with Gasteiger partial charge < -0.3 is 18.9 Å². The molecule has 3 rings (SSSR count). The van der Waals surface area contributed by atoms with Gasteiger partial charge in [-0.05, 0) is 62.4 Å². The molecular weight excluding hydrogens is 358 g/mol. The van der Waals surface area contributed by atoms with Gasteiger partial charge in [0, 0.05) is 17.8 Å². The highest BCUT2D eigenvalue weighted by molar-refractivity contribution is 5.94. The van der Waals surface area contributed by atoms with Gasteiger partial charge in [-0.2, -0.15) is 4.98 Å². The summed E-state index contributed by atoms with van der Waals surface area (Å²) in [6.07, 6.45) is 0.0320. The summed E-state index contributed by atoms with van der Waals surface area (Å²) in [5.41, 5.74) is 1.59. The normalized spacial score (nSPS) is 10.5. The fraction of sp³-hybridized carbons (Fsp3) is 0.286. The third-order valence-corrected chi connectivity index (χ3v) is 4.20. The molecule has 0 radical (unpaired) electrons. The SMILES string of the molecule is CCOc1ccc(N(CC)C(=O)Cc2nc(-c3ccc(OC)cc3)no2)cc1. The second kappa shape index (κ2) is 9.03. The Kier molecular flexibility index (Phi) is 6.26. The number of carbonyl (C=O) groups is 1. The second-order valence-electron chi connectivity index (χ2n) is 5.98. The number of hydrogen-bond acceptors (Lipinski definition) is 6. The van der Waals surface area contributed by atoms with Gasteiger partial charge in [0.05, 0.1) is 13.7 Å². The van der Waals surface area contributed by atoms with Crippen LogP contribution in [0.5, 0.6) is 11.5 Å². The van der Waals surface area contributed by atoms with E-state index in [2.05, 4.69) is 10.1 Å². The highest BCUT2D eigenvalue weighted by Crippen LogP contribution is 2.22. The monoisotopic (exact) mass is 381 g/mol. The molecule has 2 aromatic carbocycles. The van der Waals surface area contributed by atoms with Crippen LogP contribution >= 0.6 is 0 Å². The van der Waals surface area contributed by atoms with E-state index in [0.717, 1.165) is 22.7 Å². The zero-order valence-corrected chi connectivity index (χ0v) is 16.2. The number of aromatic nitrogens is 2. The van der Waals surface area contributed by atoms with E-state index in [1.807, 2.05) is 62.4 Å². The van der Waals surface area contributed by atoms with Crippen LogP contribution in [0.25, 0.3) is 11.4 Å². The summed E-state index contributed by atoms with van der Waals surface area (Å²) in [4.78, 5) is 18.7. The highest BCUT2D eigenvalue weighted by Gasteiger charge is 2.19. The number of amides is 1. The van der Waals surface area contributed by atoms with Crippen LogP contribution in [0.15, 0.2) is 53.1 Å². The van der Waals surface area contributed by atoms with Crippen molar-refractivity contribution in [2.75, 3.05) is 25.2 Å². The van der Waals surface area contributed by atoms with Crippen LogP contribution in [-0.2, 0) is 11.2 Å². The van der Waals surface area contributed by atoms with E-state index in [4.69, 9.17) is 14.0 Å². The maximum absolute atomic E-state index is 12.7. The molecule has 0 spiro atoms. The Labute approximate surface area is 163 Å². The average molecular weight is 381 g/mol. The predicted octanol–water partition coefficient (Wildman–Crippen LogP) is 3.74. The molecule has 1 heterocycles. The molecular formula is C21H23N3O4. The Morgan fingerprint density at radius 1 is 1.04 bits per heavy atom. The first-order chi connectivity index (χ1) is 13.6. The first-order valence-corrected chi connectivity index (χ1v) is 9.14. The molecule has 0 atom stereocenters. The van der Waals surface area contributed by atoms with E-state index in [-0.39, 0.29) is 18.2 Å². The number of anilines is 1. The topological polar surface area (TPSA) is 77.7 Å². The summed E-state index contributed by atoms with van der Waals surface area (Å²) in [5, 5.41) is 3.97. The molecule has 0 fully saturated rings. The van der Waals surface area contributed by atoms with Crippen LogP contribution in [0.1, 0.15) is 19.7 Å². The summed E-state index contributed by atoms with van der Waals surface area (Å²) >= 11 is 0. The van der Waals surface area contributed by atoms with E-state index < -0.39 is 0 Å². The molecule has 1 amide bonds. The van der Waals surface area contributed by atoms with Gasteiger partial charge in [0.15, 0.2) is 0 Å². The minimum atomic E-state index is -0.114. The van der Waals surface area contributed by atoms with E-state index >= 15 is 0 Å². The Hall–Kier alpha value is -3.35. The third-order valence-electron chi connectivity index (χ3n) is 4.20. The maximum atomic E-state index is 12.7. The van der Waals surface area contributed by atoms with Gasteiger partial charge in [-0.15, -0.1) is 0 Å². The summed E-state index contributed by atoms with van der Waals surface area (Å²) in [5.74, 6) is 2.12. The van der Waals surface area contributed by atoms with Gasteiger partial charge in [0.25, 0.3) is 0 Å². The molecule has 0 aliphatic heterocycles. The highest BCUT2D eigenvalue weighted by atomic mass is 16.5. The Bertz CT molecular complexity index is 904. The van der Waals surface area contributed by atoms with Crippen molar-refractivity contribution in [1.29, 1.82) is 0 Å². The van der Waals surface area contributed by atoms with Crippen molar-refractivity contribution < 1.29 is 18.8 Å². The smallest absolute Gasteiger partial charge is 0.236 e. The Morgan fingerprint density at radius 2 is 1.71 bits per heavy atom. The van der Waals surface area contributed by atoms with Gasteiger partial charge >= 0.3 is 0 Å². The molecule has 28 heavy (non-hydrogen) atoms. The number of hydrogen-bond donors (Lipinski definition) is 0. The fourth-order valence-corrected chi connectivity index (χ4v) is 2.80. The van der Waals surface area contributed by atoms with Crippen molar-refractivity contribution in [2.45, 2.75) is 20.3 Å². The number of likely N-dealkylation sites (N-methyl/N-ethyl adjacent to an activating group) is 1. The van der Waals surface area contributed by atoms with Crippen molar-refractivity contribution in [2.24, 2.45) is 0 Å². The minimum Gasteiger partial charge on any atom is -0.497 e. The van der Waals surface area contributed by atoms with E-state index in [1.54, 1.807) is 12.0 Å². The summed E-state index contributed by atoms with van der Waals surface area (Å²) in [7, 11) is 1.61. The third kappa shape index (κ3) is 4.49. The molecule has 0 aliphatic rings. The largest absolute Gasteiger partial charge is 0.497 e. The van der Waals surface area contributed by atoms with E-state index in [9.17, 15) is 4.79 Å². The quantitative estimate of drug-likeness (QED) is 0.591. The zero-order valence-electron chi connectivity index (χ0n) is 16.2.